The highest BCUT2D eigenvalue weighted by molar-refractivity contribution is 5.76. The van der Waals surface area contributed by atoms with Crippen LogP contribution >= 0.6 is 0 Å². The van der Waals surface area contributed by atoms with Gasteiger partial charge < -0.3 is 5.11 Å². The zero-order valence-electron chi connectivity index (χ0n) is 10.4. The Morgan fingerprint density at radius 1 is 1.00 bits per heavy atom. The molecule has 0 saturated heterocycles. The van der Waals surface area contributed by atoms with Gasteiger partial charge in [0.2, 0.25) is 0 Å². The van der Waals surface area contributed by atoms with Crippen LogP contribution in [0.4, 0.5) is 0 Å². The zero-order valence-corrected chi connectivity index (χ0v) is 10.4. The van der Waals surface area contributed by atoms with Crippen molar-refractivity contribution in [3.05, 3.63) is 0 Å². The molecule has 0 fully saturated rings. The average Bonchev–Trinajstić information content (AvgIpc) is 2.30. The van der Waals surface area contributed by atoms with E-state index in [4.69, 9.17) is 9.99 Å². The third-order valence-electron chi connectivity index (χ3n) is 2.28. The minimum absolute atomic E-state index is 0.147. The smallest absolute Gasteiger partial charge is 0.342 e. The highest BCUT2D eigenvalue weighted by atomic mass is 17.2. The molecule has 0 unspecified atom stereocenters. The predicted molar refractivity (Wildman–Crippen MR) is 62.3 cm³/mol. The Morgan fingerprint density at radius 2 is 1.65 bits per heavy atom. The number of carbonyl (C=O) groups excluding carboxylic acids is 1. The van der Waals surface area contributed by atoms with Crippen molar-refractivity contribution in [3.63, 3.8) is 0 Å². The fourth-order valence-corrected chi connectivity index (χ4v) is 1.30. The second-order valence-electron chi connectivity index (χ2n) is 3.94. The number of hydrogen-bond acceptors (Lipinski definition) is 4. The molecular weight excluding hydrogens is 224 g/mol. The summed E-state index contributed by atoms with van der Waals surface area (Å²) in [5.74, 6) is -1.64. The molecule has 0 saturated carbocycles. The van der Waals surface area contributed by atoms with E-state index in [0.29, 0.717) is 6.61 Å². The second-order valence-corrected chi connectivity index (χ2v) is 3.94. The summed E-state index contributed by atoms with van der Waals surface area (Å²) in [7, 11) is 0. The van der Waals surface area contributed by atoms with Gasteiger partial charge in [0.1, 0.15) is 0 Å². The fourth-order valence-electron chi connectivity index (χ4n) is 1.30. The lowest BCUT2D eigenvalue weighted by molar-refractivity contribution is -0.272. The van der Waals surface area contributed by atoms with Gasteiger partial charge in [-0.25, -0.2) is 4.79 Å². The SMILES string of the molecule is CCCCCCCCOOC(=O)CCC(=O)O. The van der Waals surface area contributed by atoms with Gasteiger partial charge in [0.15, 0.2) is 0 Å². The van der Waals surface area contributed by atoms with Gasteiger partial charge in [-0.05, 0) is 6.42 Å². The van der Waals surface area contributed by atoms with Crippen LogP contribution in [0, 0.1) is 0 Å². The summed E-state index contributed by atoms with van der Waals surface area (Å²) < 4.78 is 0. The first-order chi connectivity index (χ1) is 8.16. The summed E-state index contributed by atoms with van der Waals surface area (Å²) in [4.78, 5) is 30.2. The second kappa shape index (κ2) is 11.4. The number of rotatable bonds is 11. The molecular formula is C12H22O5. The molecule has 0 aromatic heterocycles. The van der Waals surface area contributed by atoms with Crippen molar-refractivity contribution < 1.29 is 24.5 Å². The highest BCUT2D eigenvalue weighted by Gasteiger charge is 2.07. The molecule has 0 bridgehead atoms. The van der Waals surface area contributed by atoms with Crippen LogP contribution in [-0.2, 0) is 19.4 Å². The Kier molecular flexibility index (Phi) is 10.7. The first-order valence-corrected chi connectivity index (χ1v) is 6.21. The maximum atomic E-state index is 10.9. The van der Waals surface area contributed by atoms with E-state index in [2.05, 4.69) is 11.8 Å². The fraction of sp³-hybridized carbons (Fsp3) is 0.833. The topological polar surface area (TPSA) is 72.8 Å². The van der Waals surface area contributed by atoms with Gasteiger partial charge in [0.05, 0.1) is 19.4 Å². The lowest BCUT2D eigenvalue weighted by Crippen LogP contribution is -2.08. The maximum Gasteiger partial charge on any atom is 0.342 e. The molecule has 0 amide bonds. The summed E-state index contributed by atoms with van der Waals surface area (Å²) in [5, 5.41) is 8.33. The number of unbranched alkanes of at least 4 members (excludes halogenated alkanes) is 5. The Labute approximate surface area is 102 Å². The van der Waals surface area contributed by atoms with E-state index in [0.717, 1.165) is 12.8 Å². The number of aliphatic carboxylic acids is 1. The van der Waals surface area contributed by atoms with Gasteiger partial charge >= 0.3 is 11.9 Å². The summed E-state index contributed by atoms with van der Waals surface area (Å²) in [6, 6.07) is 0. The summed E-state index contributed by atoms with van der Waals surface area (Å²) in [6.07, 6.45) is 6.43. The average molecular weight is 246 g/mol. The quantitative estimate of drug-likeness (QED) is 0.345. The lowest BCUT2D eigenvalue weighted by atomic mass is 10.1. The predicted octanol–water partition coefficient (Wildman–Crippen LogP) is 2.69. The standard InChI is InChI=1S/C12H22O5/c1-2-3-4-5-6-7-10-16-17-12(15)9-8-11(13)14/h2-10H2,1H3,(H,13,14). The maximum absolute atomic E-state index is 10.9. The molecule has 0 aromatic rings. The van der Waals surface area contributed by atoms with E-state index >= 15 is 0 Å². The van der Waals surface area contributed by atoms with Crippen molar-refractivity contribution in [2.24, 2.45) is 0 Å². The molecule has 0 rings (SSSR count). The normalized spacial score (nSPS) is 10.2. The Hall–Kier alpha value is -1.10. The van der Waals surface area contributed by atoms with Gasteiger partial charge in [0, 0.05) is 0 Å². The van der Waals surface area contributed by atoms with Crippen molar-refractivity contribution in [1.82, 2.24) is 0 Å². The van der Waals surface area contributed by atoms with Gasteiger partial charge in [-0.1, -0.05) is 39.0 Å². The summed E-state index contributed by atoms with van der Waals surface area (Å²) in [6.45, 7) is 2.55. The van der Waals surface area contributed by atoms with Crippen molar-refractivity contribution >= 4 is 11.9 Å². The van der Waals surface area contributed by atoms with Crippen LogP contribution < -0.4 is 0 Å². The molecule has 100 valence electrons. The van der Waals surface area contributed by atoms with Crippen molar-refractivity contribution in [1.29, 1.82) is 0 Å². The molecule has 5 heteroatoms. The van der Waals surface area contributed by atoms with Crippen LogP contribution in [0.1, 0.15) is 58.3 Å². The van der Waals surface area contributed by atoms with Crippen LogP contribution in [0.15, 0.2) is 0 Å². The zero-order chi connectivity index (χ0) is 12.9. The van der Waals surface area contributed by atoms with Crippen molar-refractivity contribution in [2.75, 3.05) is 6.61 Å². The molecule has 0 radical (unpaired) electrons. The minimum atomic E-state index is -1.02. The van der Waals surface area contributed by atoms with Gasteiger partial charge in [-0.2, -0.15) is 4.89 Å². The first kappa shape index (κ1) is 15.9. The van der Waals surface area contributed by atoms with Crippen molar-refractivity contribution in [2.45, 2.75) is 58.3 Å². The molecule has 1 N–H and O–H groups in total. The molecule has 0 atom stereocenters. The van der Waals surface area contributed by atoms with Crippen LogP contribution in [-0.4, -0.2) is 23.7 Å². The van der Waals surface area contributed by atoms with Gasteiger partial charge in [-0.3, -0.25) is 9.68 Å². The molecule has 0 spiro atoms. The Balaban J connectivity index is 3.16. The number of carboxylic acids is 1. The first-order valence-electron chi connectivity index (χ1n) is 6.21. The third-order valence-corrected chi connectivity index (χ3v) is 2.28. The van der Waals surface area contributed by atoms with E-state index in [1.165, 1.54) is 25.7 Å². The highest BCUT2D eigenvalue weighted by Crippen LogP contribution is 2.05. The van der Waals surface area contributed by atoms with E-state index < -0.39 is 11.9 Å². The summed E-state index contributed by atoms with van der Waals surface area (Å²) in [5.41, 5.74) is 0. The molecule has 5 nitrogen and oxygen atoms in total. The lowest BCUT2D eigenvalue weighted by Gasteiger charge is -2.03. The molecule has 0 aliphatic rings. The number of hydrogen-bond donors (Lipinski definition) is 1. The van der Waals surface area contributed by atoms with Gasteiger partial charge in [0.25, 0.3) is 0 Å². The Morgan fingerprint density at radius 3 is 2.29 bits per heavy atom. The Bertz CT molecular complexity index is 215. The summed E-state index contributed by atoms with van der Waals surface area (Å²) >= 11 is 0. The minimum Gasteiger partial charge on any atom is -0.481 e. The van der Waals surface area contributed by atoms with Gasteiger partial charge in [-0.15, -0.1) is 0 Å². The number of carboxylic acid groups (broad SMARTS) is 1. The van der Waals surface area contributed by atoms with E-state index in [1.54, 1.807) is 0 Å². The molecule has 0 aliphatic carbocycles. The van der Waals surface area contributed by atoms with E-state index in [-0.39, 0.29) is 12.8 Å². The molecule has 17 heavy (non-hydrogen) atoms. The van der Waals surface area contributed by atoms with Crippen LogP contribution in [0.5, 0.6) is 0 Å². The largest absolute Gasteiger partial charge is 0.481 e. The van der Waals surface area contributed by atoms with Crippen LogP contribution in [0.25, 0.3) is 0 Å². The molecule has 0 aromatic carbocycles. The van der Waals surface area contributed by atoms with Crippen LogP contribution in [0.3, 0.4) is 0 Å². The van der Waals surface area contributed by atoms with Crippen molar-refractivity contribution in [3.8, 4) is 0 Å². The molecule has 0 aliphatic heterocycles. The third kappa shape index (κ3) is 12.8. The van der Waals surface area contributed by atoms with Crippen LogP contribution in [0.2, 0.25) is 0 Å². The van der Waals surface area contributed by atoms with E-state index in [1.807, 2.05) is 0 Å². The molecule has 0 heterocycles. The number of carbonyl (C=O) groups is 2. The monoisotopic (exact) mass is 246 g/mol. The van der Waals surface area contributed by atoms with E-state index in [9.17, 15) is 9.59 Å².